The first-order valence-corrected chi connectivity index (χ1v) is 5.26. The molecule has 1 aromatic carbocycles. The van der Waals surface area contributed by atoms with Crippen molar-refractivity contribution in [1.82, 2.24) is 10.1 Å². The van der Waals surface area contributed by atoms with Crippen LogP contribution in [0, 0.1) is 6.39 Å². The number of hydrogen-bond donors (Lipinski definition) is 0. The Bertz CT molecular complexity index is 423. The van der Waals surface area contributed by atoms with E-state index >= 15 is 0 Å². The maximum Gasteiger partial charge on any atom is 0.316 e. The topological polar surface area (TPSA) is 48.2 Å². The summed E-state index contributed by atoms with van der Waals surface area (Å²) in [5, 5.41) is 3.71. The molecule has 16 heavy (non-hydrogen) atoms. The van der Waals surface area contributed by atoms with E-state index in [0.717, 1.165) is 17.7 Å². The van der Waals surface area contributed by atoms with Crippen molar-refractivity contribution >= 4 is 0 Å². The van der Waals surface area contributed by atoms with Gasteiger partial charge in [-0.1, -0.05) is 12.1 Å². The molecule has 1 aromatic heterocycles. The van der Waals surface area contributed by atoms with E-state index in [1.807, 2.05) is 31.2 Å². The van der Waals surface area contributed by atoms with Gasteiger partial charge in [0, 0.05) is 5.56 Å². The van der Waals surface area contributed by atoms with Gasteiger partial charge in [-0.3, -0.25) is 0 Å². The van der Waals surface area contributed by atoms with Gasteiger partial charge in [-0.25, -0.2) is 0 Å². The molecule has 0 aliphatic carbocycles. The van der Waals surface area contributed by atoms with E-state index < -0.39 is 0 Å². The predicted octanol–water partition coefficient (Wildman–Crippen LogP) is 2.71. The van der Waals surface area contributed by atoms with Crippen molar-refractivity contribution in [1.29, 1.82) is 0 Å². The van der Waals surface area contributed by atoms with E-state index in [9.17, 15) is 0 Å². The Morgan fingerprint density at radius 3 is 2.69 bits per heavy atom. The van der Waals surface area contributed by atoms with Crippen molar-refractivity contribution in [3.8, 4) is 17.1 Å². The fourth-order valence-electron chi connectivity index (χ4n) is 1.26. The molecular formula is C12H13N2O2. The van der Waals surface area contributed by atoms with Crippen LogP contribution in [-0.4, -0.2) is 16.2 Å². The first-order chi connectivity index (χ1) is 7.79. The minimum atomic E-state index is 0.226. The molecule has 1 heterocycles. The Kier molecular flexibility index (Phi) is 3.19. The van der Waals surface area contributed by atoms with Crippen LogP contribution in [0.2, 0.25) is 0 Å². The van der Waals surface area contributed by atoms with Gasteiger partial charge in [0.15, 0.2) is 0 Å². The fraction of sp³-hybridized carbons (Fsp3) is 0.333. The molecule has 0 aliphatic heterocycles. The Hall–Kier alpha value is -1.84. The second kappa shape index (κ2) is 4.79. The Labute approximate surface area is 94.2 Å². The quantitative estimate of drug-likeness (QED) is 0.790. The Balaban J connectivity index is 2.11. The van der Waals surface area contributed by atoms with Crippen molar-refractivity contribution < 1.29 is 9.26 Å². The van der Waals surface area contributed by atoms with Crippen molar-refractivity contribution in [2.45, 2.75) is 26.4 Å². The van der Waals surface area contributed by atoms with Crippen molar-refractivity contribution in [3.05, 3.63) is 30.7 Å². The predicted molar refractivity (Wildman–Crippen MR) is 59.0 cm³/mol. The number of hydrogen-bond acceptors (Lipinski definition) is 4. The molecule has 2 aromatic rings. The van der Waals surface area contributed by atoms with Gasteiger partial charge in [0.1, 0.15) is 5.75 Å². The average Bonchev–Trinajstić information content (AvgIpc) is 2.83. The third kappa shape index (κ3) is 2.39. The van der Waals surface area contributed by atoms with Crippen LogP contribution < -0.4 is 4.74 Å². The van der Waals surface area contributed by atoms with Crippen molar-refractivity contribution in [2.24, 2.45) is 0 Å². The molecular weight excluding hydrogens is 204 g/mol. The molecule has 1 radical (unpaired) electrons. The highest BCUT2D eigenvalue weighted by Gasteiger charge is 2.04. The molecule has 0 fully saturated rings. The standard InChI is InChI=1S/C12H13N2O2/c1-3-9(2)16-11-6-4-10(5-7-11)12-13-8-15-14-12/h4-7,9H,3H2,1-2H3/t9-/m0/s1. The summed E-state index contributed by atoms with van der Waals surface area (Å²) in [5.74, 6) is 1.39. The summed E-state index contributed by atoms with van der Waals surface area (Å²) < 4.78 is 10.2. The summed E-state index contributed by atoms with van der Waals surface area (Å²) in [7, 11) is 0. The smallest absolute Gasteiger partial charge is 0.316 e. The van der Waals surface area contributed by atoms with Gasteiger partial charge in [-0.2, -0.15) is 4.98 Å². The average molecular weight is 217 g/mol. The van der Waals surface area contributed by atoms with Gasteiger partial charge in [-0.15, -0.1) is 0 Å². The van der Waals surface area contributed by atoms with E-state index in [1.54, 1.807) is 0 Å². The molecule has 0 aliphatic rings. The van der Waals surface area contributed by atoms with Gasteiger partial charge < -0.3 is 9.26 Å². The van der Waals surface area contributed by atoms with Gasteiger partial charge in [-0.05, 0) is 37.6 Å². The van der Waals surface area contributed by atoms with E-state index in [4.69, 9.17) is 4.74 Å². The fourth-order valence-corrected chi connectivity index (χ4v) is 1.26. The minimum Gasteiger partial charge on any atom is -0.491 e. The zero-order valence-corrected chi connectivity index (χ0v) is 9.30. The maximum absolute atomic E-state index is 5.66. The third-order valence-electron chi connectivity index (χ3n) is 2.35. The summed E-state index contributed by atoms with van der Waals surface area (Å²) >= 11 is 0. The zero-order chi connectivity index (χ0) is 11.4. The van der Waals surface area contributed by atoms with Crippen LogP contribution in [0.1, 0.15) is 20.3 Å². The van der Waals surface area contributed by atoms with Gasteiger partial charge >= 0.3 is 6.39 Å². The second-order valence-corrected chi connectivity index (χ2v) is 3.57. The second-order valence-electron chi connectivity index (χ2n) is 3.57. The monoisotopic (exact) mass is 217 g/mol. The number of rotatable bonds is 4. The van der Waals surface area contributed by atoms with Crippen LogP contribution in [0.3, 0.4) is 0 Å². The maximum atomic E-state index is 5.66. The molecule has 0 unspecified atom stereocenters. The molecule has 0 saturated carbocycles. The molecule has 83 valence electrons. The molecule has 4 nitrogen and oxygen atoms in total. The van der Waals surface area contributed by atoms with Crippen LogP contribution in [0.25, 0.3) is 11.4 Å². The lowest BCUT2D eigenvalue weighted by Gasteiger charge is -2.12. The summed E-state index contributed by atoms with van der Waals surface area (Å²) in [4.78, 5) is 3.85. The Morgan fingerprint density at radius 2 is 2.12 bits per heavy atom. The van der Waals surface area contributed by atoms with Crippen LogP contribution in [0.15, 0.2) is 28.8 Å². The highest BCUT2D eigenvalue weighted by molar-refractivity contribution is 5.55. The SMILES string of the molecule is CC[C@H](C)Oc1ccc(-c2n[c]on2)cc1. The third-order valence-corrected chi connectivity index (χ3v) is 2.35. The van der Waals surface area contributed by atoms with Crippen molar-refractivity contribution in [2.75, 3.05) is 0 Å². The van der Waals surface area contributed by atoms with Crippen LogP contribution in [0.4, 0.5) is 0 Å². The lowest BCUT2D eigenvalue weighted by atomic mass is 10.2. The normalized spacial score (nSPS) is 12.4. The molecule has 0 bridgehead atoms. The Morgan fingerprint density at radius 1 is 1.38 bits per heavy atom. The van der Waals surface area contributed by atoms with Gasteiger partial charge in [0.05, 0.1) is 6.10 Å². The van der Waals surface area contributed by atoms with E-state index in [-0.39, 0.29) is 6.10 Å². The highest BCUT2D eigenvalue weighted by atomic mass is 16.5. The molecule has 0 amide bonds. The summed E-state index contributed by atoms with van der Waals surface area (Å²) in [6.45, 7) is 4.14. The number of benzene rings is 1. The molecule has 4 heteroatoms. The zero-order valence-electron chi connectivity index (χ0n) is 9.30. The largest absolute Gasteiger partial charge is 0.491 e. The van der Waals surface area contributed by atoms with Gasteiger partial charge in [0.2, 0.25) is 5.82 Å². The van der Waals surface area contributed by atoms with E-state index in [1.165, 1.54) is 0 Å². The molecule has 0 saturated heterocycles. The van der Waals surface area contributed by atoms with Gasteiger partial charge in [0.25, 0.3) is 0 Å². The van der Waals surface area contributed by atoms with Crippen LogP contribution in [0.5, 0.6) is 5.75 Å². The number of ether oxygens (including phenoxy) is 1. The lowest BCUT2D eigenvalue weighted by Crippen LogP contribution is -2.09. The summed E-state index contributed by atoms with van der Waals surface area (Å²) in [6.07, 6.45) is 3.53. The lowest BCUT2D eigenvalue weighted by molar-refractivity contribution is 0.217. The molecule has 0 N–H and O–H groups in total. The number of nitrogens with zero attached hydrogens (tertiary/aromatic N) is 2. The molecule has 1 atom stereocenters. The molecule has 0 spiro atoms. The van der Waals surface area contributed by atoms with E-state index in [2.05, 4.69) is 28.0 Å². The highest BCUT2D eigenvalue weighted by Crippen LogP contribution is 2.20. The summed E-state index contributed by atoms with van der Waals surface area (Å²) in [6, 6.07) is 7.60. The minimum absolute atomic E-state index is 0.226. The summed E-state index contributed by atoms with van der Waals surface area (Å²) in [5.41, 5.74) is 0.890. The van der Waals surface area contributed by atoms with Crippen LogP contribution in [-0.2, 0) is 0 Å². The first-order valence-electron chi connectivity index (χ1n) is 5.26. The number of aromatic nitrogens is 2. The molecule has 2 rings (SSSR count). The van der Waals surface area contributed by atoms with Crippen LogP contribution >= 0.6 is 0 Å². The van der Waals surface area contributed by atoms with Crippen molar-refractivity contribution in [3.63, 3.8) is 0 Å². The first kappa shape index (κ1) is 10.7. The van der Waals surface area contributed by atoms with E-state index in [0.29, 0.717) is 5.82 Å².